The van der Waals surface area contributed by atoms with Gasteiger partial charge < -0.3 is 19.3 Å². The van der Waals surface area contributed by atoms with Gasteiger partial charge in [0.25, 0.3) is 0 Å². The summed E-state index contributed by atoms with van der Waals surface area (Å²) in [5.41, 5.74) is 0.222. The number of hydrogen-bond acceptors (Lipinski definition) is 8. The molecule has 0 atom stereocenters. The molecule has 2 aromatic carbocycles. The van der Waals surface area contributed by atoms with Crippen molar-refractivity contribution in [3.63, 3.8) is 0 Å². The lowest BCUT2D eigenvalue weighted by Crippen LogP contribution is -2.19. The number of phenols is 1. The molecule has 2 aromatic rings. The van der Waals surface area contributed by atoms with Gasteiger partial charge in [-0.25, -0.2) is 4.79 Å². The van der Waals surface area contributed by atoms with Crippen molar-refractivity contribution in [2.24, 2.45) is 0 Å². The first-order valence-corrected chi connectivity index (χ1v) is 12.9. The molecule has 0 amide bonds. The first kappa shape index (κ1) is 29.5. The minimum atomic E-state index is -0.881. The van der Waals surface area contributed by atoms with Crippen LogP contribution in [-0.2, 0) is 20.9 Å². The molecule has 0 saturated carbocycles. The van der Waals surface area contributed by atoms with Crippen LogP contribution in [0.3, 0.4) is 0 Å². The van der Waals surface area contributed by atoms with Crippen LogP contribution in [0.1, 0.15) is 105 Å². The highest BCUT2D eigenvalue weighted by Gasteiger charge is 2.31. The zero-order valence-corrected chi connectivity index (χ0v) is 21.8. The van der Waals surface area contributed by atoms with Crippen LogP contribution in [0.2, 0.25) is 0 Å². The molecule has 0 radical (unpaired) electrons. The first-order valence-electron chi connectivity index (χ1n) is 12.9. The number of unbranched alkanes of at least 4 members (excludes halogenated alkanes) is 3. The number of ketones is 1. The molecule has 0 heterocycles. The molecule has 0 aliphatic carbocycles. The lowest BCUT2D eigenvalue weighted by molar-refractivity contribution is -0.137. The van der Waals surface area contributed by atoms with Crippen molar-refractivity contribution < 1.29 is 38.5 Å². The number of carbonyl (C=O) groups is 4. The van der Waals surface area contributed by atoms with E-state index < -0.39 is 40.9 Å². The summed E-state index contributed by atoms with van der Waals surface area (Å²) in [6, 6.07) is 10.00. The van der Waals surface area contributed by atoms with E-state index in [0.29, 0.717) is 25.7 Å². The van der Waals surface area contributed by atoms with Crippen molar-refractivity contribution >= 4 is 23.7 Å². The third kappa shape index (κ3) is 9.04. The van der Waals surface area contributed by atoms with E-state index in [9.17, 15) is 24.3 Å². The third-order valence-corrected chi connectivity index (χ3v) is 5.59. The summed E-state index contributed by atoms with van der Waals surface area (Å²) in [6.07, 6.45) is 3.97. The maximum absolute atomic E-state index is 13.3. The Hall–Kier alpha value is -3.68. The quantitative estimate of drug-likeness (QED) is 0.168. The van der Waals surface area contributed by atoms with E-state index in [0.717, 1.165) is 24.5 Å². The van der Waals surface area contributed by atoms with Gasteiger partial charge in [0, 0.05) is 19.3 Å². The average molecular weight is 513 g/mol. The maximum Gasteiger partial charge on any atom is 0.339 e. The smallest absolute Gasteiger partial charge is 0.339 e. The summed E-state index contributed by atoms with van der Waals surface area (Å²) >= 11 is 0. The molecule has 1 N–H and O–H groups in total. The second-order valence-electron chi connectivity index (χ2n) is 8.72. The van der Waals surface area contributed by atoms with Gasteiger partial charge in [0.2, 0.25) is 5.75 Å². The van der Waals surface area contributed by atoms with Gasteiger partial charge in [0.1, 0.15) is 6.61 Å². The molecule has 0 aromatic heterocycles. The maximum atomic E-state index is 13.3. The summed E-state index contributed by atoms with van der Waals surface area (Å²) < 4.78 is 16.3. The van der Waals surface area contributed by atoms with Crippen LogP contribution < -0.4 is 9.47 Å². The van der Waals surface area contributed by atoms with Gasteiger partial charge >= 0.3 is 17.9 Å². The average Bonchev–Trinajstić information content (AvgIpc) is 2.90. The number of Topliss-reactive ketones (excluding diaryl/α,β-unsaturated/α-hetero) is 1. The molecule has 8 nitrogen and oxygen atoms in total. The number of esters is 3. The standard InChI is InChI=1S/C29H36O8/c1-4-7-15-22(30)26-21(29(34)35-19-20-13-11-10-12-14-20)18-23(31)27(36-24(32)16-8-5-2)28(26)37-25(33)17-9-6-3/h10-14,18,31H,4-9,15-17,19H2,1-3H3. The number of ether oxygens (including phenoxy) is 3. The molecule has 0 unspecified atom stereocenters. The number of aromatic hydroxyl groups is 1. The second kappa shape index (κ2) is 15.4. The molecule has 0 aliphatic rings. The number of carbonyl (C=O) groups excluding carboxylic acids is 4. The first-order chi connectivity index (χ1) is 17.8. The number of hydrogen-bond donors (Lipinski definition) is 1. The summed E-state index contributed by atoms with van der Waals surface area (Å²) in [4.78, 5) is 51.5. The van der Waals surface area contributed by atoms with Crippen molar-refractivity contribution in [1.29, 1.82) is 0 Å². The van der Waals surface area contributed by atoms with Crippen molar-refractivity contribution in [2.45, 2.75) is 85.2 Å². The van der Waals surface area contributed by atoms with Gasteiger partial charge in [-0.15, -0.1) is 0 Å². The predicted octanol–water partition coefficient (Wildman–Crippen LogP) is 6.31. The molecular formula is C29H36O8. The third-order valence-electron chi connectivity index (χ3n) is 5.59. The monoisotopic (exact) mass is 512 g/mol. The van der Waals surface area contributed by atoms with Crippen molar-refractivity contribution in [3.8, 4) is 17.2 Å². The molecule has 2 rings (SSSR count). The number of rotatable bonds is 15. The van der Waals surface area contributed by atoms with Crippen LogP contribution in [0.4, 0.5) is 0 Å². The Morgan fingerprint density at radius 3 is 1.86 bits per heavy atom. The summed E-state index contributed by atoms with van der Waals surface area (Å²) in [7, 11) is 0. The largest absolute Gasteiger partial charge is 0.504 e. The van der Waals surface area contributed by atoms with E-state index in [2.05, 4.69) is 0 Å². The van der Waals surface area contributed by atoms with Crippen molar-refractivity contribution in [2.75, 3.05) is 0 Å². The zero-order valence-electron chi connectivity index (χ0n) is 21.8. The van der Waals surface area contributed by atoms with Crippen LogP contribution in [0, 0.1) is 0 Å². The molecule has 8 heteroatoms. The highest BCUT2D eigenvalue weighted by molar-refractivity contribution is 6.10. The van der Waals surface area contributed by atoms with E-state index in [4.69, 9.17) is 14.2 Å². The Kier molecular flexibility index (Phi) is 12.3. The van der Waals surface area contributed by atoms with Gasteiger partial charge in [0.05, 0.1) is 11.1 Å². The van der Waals surface area contributed by atoms with Crippen LogP contribution in [0.25, 0.3) is 0 Å². The van der Waals surface area contributed by atoms with Crippen LogP contribution in [-0.4, -0.2) is 28.8 Å². The second-order valence-corrected chi connectivity index (χ2v) is 8.72. The molecular weight excluding hydrogens is 476 g/mol. The summed E-state index contributed by atoms with van der Waals surface area (Å²) in [5.74, 6) is -4.20. The molecule has 0 aliphatic heterocycles. The minimum absolute atomic E-state index is 0.0474. The highest BCUT2D eigenvalue weighted by atomic mass is 16.6. The molecule has 37 heavy (non-hydrogen) atoms. The van der Waals surface area contributed by atoms with E-state index >= 15 is 0 Å². The van der Waals surface area contributed by atoms with Gasteiger partial charge in [-0.1, -0.05) is 70.4 Å². The molecule has 0 bridgehead atoms. The molecule has 0 spiro atoms. The van der Waals surface area contributed by atoms with E-state index in [1.54, 1.807) is 24.3 Å². The number of phenolic OH excluding ortho intramolecular Hbond substituents is 1. The van der Waals surface area contributed by atoms with E-state index in [1.807, 2.05) is 26.8 Å². The molecule has 0 saturated heterocycles. The van der Waals surface area contributed by atoms with Crippen molar-refractivity contribution in [1.82, 2.24) is 0 Å². The van der Waals surface area contributed by atoms with Crippen LogP contribution in [0.15, 0.2) is 36.4 Å². The Morgan fingerprint density at radius 1 is 0.757 bits per heavy atom. The Labute approximate surface area is 217 Å². The Bertz CT molecular complexity index is 1080. The predicted molar refractivity (Wildman–Crippen MR) is 138 cm³/mol. The van der Waals surface area contributed by atoms with Gasteiger partial charge in [0.15, 0.2) is 17.3 Å². The molecule has 0 fully saturated rings. The van der Waals surface area contributed by atoms with Crippen LogP contribution >= 0.6 is 0 Å². The van der Waals surface area contributed by atoms with Crippen LogP contribution in [0.5, 0.6) is 17.2 Å². The van der Waals surface area contributed by atoms with Gasteiger partial charge in [-0.05, 0) is 30.9 Å². The topological polar surface area (TPSA) is 116 Å². The Morgan fingerprint density at radius 2 is 1.30 bits per heavy atom. The number of benzene rings is 2. The SMILES string of the molecule is CCCCC(=O)Oc1c(O)cc(C(=O)OCc2ccccc2)c(C(=O)CCCC)c1OC(=O)CCCC. The normalized spacial score (nSPS) is 10.6. The van der Waals surface area contributed by atoms with E-state index in [1.165, 1.54) is 0 Å². The fourth-order valence-electron chi connectivity index (χ4n) is 3.50. The van der Waals surface area contributed by atoms with Gasteiger partial charge in [-0.3, -0.25) is 14.4 Å². The fourth-order valence-corrected chi connectivity index (χ4v) is 3.50. The summed E-state index contributed by atoms with van der Waals surface area (Å²) in [5, 5.41) is 10.8. The van der Waals surface area contributed by atoms with E-state index in [-0.39, 0.29) is 37.0 Å². The fraction of sp³-hybridized carbons (Fsp3) is 0.448. The van der Waals surface area contributed by atoms with Gasteiger partial charge in [-0.2, -0.15) is 0 Å². The Balaban J connectivity index is 2.58. The molecule has 200 valence electrons. The van der Waals surface area contributed by atoms with Crippen molar-refractivity contribution in [3.05, 3.63) is 53.1 Å². The highest BCUT2D eigenvalue weighted by Crippen LogP contribution is 2.43. The lowest BCUT2D eigenvalue weighted by Gasteiger charge is -2.18. The zero-order chi connectivity index (χ0) is 27.2. The lowest BCUT2D eigenvalue weighted by atomic mass is 9.97. The summed E-state index contributed by atoms with van der Waals surface area (Å²) in [6.45, 7) is 5.66. The minimum Gasteiger partial charge on any atom is -0.504 e.